The van der Waals surface area contributed by atoms with Gasteiger partial charge in [-0.15, -0.1) is 0 Å². The minimum atomic E-state index is -0.722. The van der Waals surface area contributed by atoms with Gasteiger partial charge in [-0.3, -0.25) is 0 Å². The Balaban J connectivity index is 2.02. The first kappa shape index (κ1) is 13.7. The molecule has 2 rings (SSSR count). The summed E-state index contributed by atoms with van der Waals surface area (Å²) in [6.07, 6.45) is -0.784. The number of ether oxygens (including phenoxy) is 1. The molecule has 0 bridgehead atoms. The second kappa shape index (κ2) is 5.97. The largest absolute Gasteiger partial charge is 0.390 e. The first-order valence-corrected chi connectivity index (χ1v) is 6.37. The van der Waals surface area contributed by atoms with Crippen LogP contribution in [0.3, 0.4) is 0 Å². The Morgan fingerprint density at radius 3 is 3.11 bits per heavy atom. The van der Waals surface area contributed by atoms with Crippen LogP contribution in [0.1, 0.15) is 5.56 Å². The predicted molar refractivity (Wildman–Crippen MR) is 68.4 cm³/mol. The minimum Gasteiger partial charge on any atom is -0.390 e. The van der Waals surface area contributed by atoms with Crippen LogP contribution in [0.2, 0.25) is 5.02 Å². The molecule has 0 spiro atoms. The Labute approximate surface area is 111 Å². The quantitative estimate of drug-likeness (QED) is 0.910. The van der Waals surface area contributed by atoms with E-state index >= 15 is 0 Å². The molecule has 1 fully saturated rings. The molecule has 1 aromatic rings. The van der Waals surface area contributed by atoms with Crippen LogP contribution in [-0.4, -0.2) is 49.0 Å². The molecule has 2 atom stereocenters. The van der Waals surface area contributed by atoms with E-state index in [0.29, 0.717) is 18.7 Å². The first-order valence-electron chi connectivity index (χ1n) is 5.99. The molecule has 1 N–H and O–H groups in total. The Hall–Kier alpha value is -0.680. The van der Waals surface area contributed by atoms with E-state index < -0.39 is 11.9 Å². The lowest BCUT2D eigenvalue weighted by Gasteiger charge is -2.33. The smallest absolute Gasteiger partial charge is 0.145 e. The Bertz CT molecular complexity index is 416. The maximum absolute atomic E-state index is 13.7. The van der Waals surface area contributed by atoms with E-state index in [0.717, 1.165) is 6.54 Å². The van der Waals surface area contributed by atoms with Gasteiger partial charge in [0.15, 0.2) is 0 Å². The van der Waals surface area contributed by atoms with Crippen LogP contribution >= 0.6 is 11.6 Å². The molecule has 5 heteroatoms. The molecule has 1 saturated heterocycles. The van der Waals surface area contributed by atoms with Crippen molar-refractivity contribution >= 4 is 11.6 Å². The molecule has 2 unspecified atom stereocenters. The van der Waals surface area contributed by atoms with Crippen molar-refractivity contribution in [3.05, 3.63) is 34.6 Å². The molecule has 1 aliphatic rings. The molecule has 100 valence electrons. The number of benzene rings is 1. The van der Waals surface area contributed by atoms with Gasteiger partial charge in [0.2, 0.25) is 0 Å². The molecule has 0 aliphatic carbocycles. The fraction of sp³-hybridized carbons (Fsp3) is 0.538. The molecular formula is C13H17ClFNO2. The van der Waals surface area contributed by atoms with Crippen molar-refractivity contribution < 1.29 is 14.2 Å². The summed E-state index contributed by atoms with van der Waals surface area (Å²) < 4.78 is 19.2. The highest BCUT2D eigenvalue weighted by Crippen LogP contribution is 2.20. The zero-order valence-electron chi connectivity index (χ0n) is 10.3. The lowest BCUT2D eigenvalue weighted by atomic mass is 10.0. The molecular weight excluding hydrogens is 257 g/mol. The maximum atomic E-state index is 13.7. The zero-order valence-corrected chi connectivity index (χ0v) is 11.0. The third-order valence-corrected chi connectivity index (χ3v) is 3.48. The number of hydrogen-bond acceptors (Lipinski definition) is 3. The first-order chi connectivity index (χ1) is 8.58. The molecule has 1 aromatic carbocycles. The van der Waals surface area contributed by atoms with Gasteiger partial charge in [-0.25, -0.2) is 4.39 Å². The van der Waals surface area contributed by atoms with E-state index in [2.05, 4.69) is 4.90 Å². The van der Waals surface area contributed by atoms with Crippen LogP contribution in [0.25, 0.3) is 0 Å². The monoisotopic (exact) mass is 273 g/mol. The molecule has 0 saturated carbocycles. The summed E-state index contributed by atoms with van der Waals surface area (Å²) in [5.74, 6) is -0.456. The lowest BCUT2D eigenvalue weighted by Crippen LogP contribution is -2.46. The summed E-state index contributed by atoms with van der Waals surface area (Å²) in [6.45, 7) is 2.11. The molecule has 18 heavy (non-hydrogen) atoms. The van der Waals surface area contributed by atoms with Crippen LogP contribution in [0.4, 0.5) is 4.39 Å². The van der Waals surface area contributed by atoms with Crippen molar-refractivity contribution in [2.75, 3.05) is 26.7 Å². The van der Waals surface area contributed by atoms with Gasteiger partial charge >= 0.3 is 0 Å². The van der Waals surface area contributed by atoms with Gasteiger partial charge in [-0.05, 0) is 18.7 Å². The summed E-state index contributed by atoms with van der Waals surface area (Å²) in [6, 6.07) is 4.82. The van der Waals surface area contributed by atoms with Crippen molar-refractivity contribution in [1.82, 2.24) is 4.90 Å². The van der Waals surface area contributed by atoms with E-state index in [1.807, 2.05) is 7.05 Å². The fourth-order valence-electron chi connectivity index (χ4n) is 2.11. The van der Waals surface area contributed by atoms with Crippen molar-refractivity contribution in [2.45, 2.75) is 18.6 Å². The molecule has 1 aliphatic heterocycles. The van der Waals surface area contributed by atoms with Gasteiger partial charge < -0.3 is 14.7 Å². The summed E-state index contributed by atoms with van der Waals surface area (Å²) >= 11 is 5.71. The van der Waals surface area contributed by atoms with Crippen molar-refractivity contribution in [1.29, 1.82) is 0 Å². The highest BCUT2D eigenvalue weighted by Gasteiger charge is 2.26. The van der Waals surface area contributed by atoms with Crippen LogP contribution in [-0.2, 0) is 11.2 Å². The van der Waals surface area contributed by atoms with Gasteiger partial charge in [0.25, 0.3) is 0 Å². The number of morpholine rings is 1. The molecule has 1 heterocycles. The second-order valence-electron chi connectivity index (χ2n) is 4.66. The predicted octanol–water partition coefficient (Wildman–Crippen LogP) is 1.71. The number of likely N-dealkylation sites (N-methyl/N-ethyl adjacent to an activating group) is 1. The molecule has 3 nitrogen and oxygen atoms in total. The molecule has 0 aromatic heterocycles. The van der Waals surface area contributed by atoms with Gasteiger partial charge in [0.05, 0.1) is 23.8 Å². The second-order valence-corrected chi connectivity index (χ2v) is 5.06. The van der Waals surface area contributed by atoms with Gasteiger partial charge in [0.1, 0.15) is 5.82 Å². The van der Waals surface area contributed by atoms with Gasteiger partial charge in [-0.1, -0.05) is 23.7 Å². The average molecular weight is 274 g/mol. The highest BCUT2D eigenvalue weighted by atomic mass is 35.5. The number of aliphatic hydroxyl groups excluding tert-OH is 1. The fourth-order valence-corrected chi connectivity index (χ4v) is 2.30. The summed E-state index contributed by atoms with van der Waals surface area (Å²) in [7, 11) is 1.97. The van der Waals surface area contributed by atoms with Crippen molar-refractivity contribution in [3.8, 4) is 0 Å². The normalized spacial score (nSPS) is 23.0. The number of nitrogens with zero attached hydrogens (tertiary/aromatic N) is 1. The lowest BCUT2D eigenvalue weighted by molar-refractivity contribution is -0.0825. The summed E-state index contributed by atoms with van der Waals surface area (Å²) in [5, 5.41) is 10.2. The van der Waals surface area contributed by atoms with E-state index in [9.17, 15) is 9.50 Å². The maximum Gasteiger partial charge on any atom is 0.145 e. The summed E-state index contributed by atoms with van der Waals surface area (Å²) in [5.41, 5.74) is 0.423. The van der Waals surface area contributed by atoms with Crippen LogP contribution in [0.15, 0.2) is 18.2 Å². The van der Waals surface area contributed by atoms with Gasteiger partial charge in [-0.2, -0.15) is 0 Å². The van der Waals surface area contributed by atoms with Crippen molar-refractivity contribution in [2.24, 2.45) is 0 Å². The van der Waals surface area contributed by atoms with E-state index in [-0.39, 0.29) is 17.5 Å². The van der Waals surface area contributed by atoms with Crippen LogP contribution in [0.5, 0.6) is 0 Å². The minimum absolute atomic E-state index is 0.0846. The van der Waals surface area contributed by atoms with Gasteiger partial charge in [0, 0.05) is 19.5 Å². The average Bonchev–Trinajstić information content (AvgIpc) is 2.35. The number of rotatable bonds is 3. The van der Waals surface area contributed by atoms with Crippen LogP contribution < -0.4 is 0 Å². The van der Waals surface area contributed by atoms with E-state index in [1.54, 1.807) is 12.1 Å². The van der Waals surface area contributed by atoms with Crippen molar-refractivity contribution in [3.63, 3.8) is 0 Å². The Morgan fingerprint density at radius 2 is 2.39 bits per heavy atom. The van der Waals surface area contributed by atoms with E-state index in [1.165, 1.54) is 6.07 Å². The third-order valence-electron chi connectivity index (χ3n) is 3.19. The van der Waals surface area contributed by atoms with E-state index in [4.69, 9.17) is 16.3 Å². The van der Waals surface area contributed by atoms with Crippen LogP contribution in [0, 0.1) is 5.82 Å². The Morgan fingerprint density at radius 1 is 1.61 bits per heavy atom. The highest BCUT2D eigenvalue weighted by molar-refractivity contribution is 6.30. The third kappa shape index (κ3) is 3.20. The number of hydrogen-bond donors (Lipinski definition) is 1. The number of aliphatic hydroxyl groups is 1. The SMILES string of the molecule is CN1CCOC(C(O)Cc2cccc(Cl)c2F)C1. The number of halogens is 2. The summed E-state index contributed by atoms with van der Waals surface area (Å²) in [4.78, 5) is 2.09. The molecule has 0 radical (unpaired) electrons. The standard InChI is InChI=1S/C13H17ClFNO2/c1-16-5-6-18-12(8-16)11(17)7-9-3-2-4-10(14)13(9)15/h2-4,11-12,17H,5-8H2,1H3. The Kier molecular flexibility index (Phi) is 4.56. The molecule has 0 amide bonds. The zero-order chi connectivity index (χ0) is 13.1. The topological polar surface area (TPSA) is 32.7 Å².